The third-order valence-electron chi connectivity index (χ3n) is 3.19. The summed E-state index contributed by atoms with van der Waals surface area (Å²) in [6, 6.07) is 11.6. The van der Waals surface area contributed by atoms with Gasteiger partial charge in [-0.15, -0.1) is 0 Å². The number of benzene rings is 1. The number of aliphatic carboxylic acids is 1. The number of hydrogen-bond donors (Lipinski definition) is 1. The van der Waals surface area contributed by atoms with Crippen LogP contribution in [0.4, 0.5) is 0 Å². The summed E-state index contributed by atoms with van der Waals surface area (Å²) in [5, 5.41) is 14.3. The Kier molecular flexibility index (Phi) is 2.59. The first-order chi connectivity index (χ1) is 9.16. The molecule has 0 saturated carbocycles. The first-order valence-corrected chi connectivity index (χ1v) is 5.95. The highest BCUT2D eigenvalue weighted by molar-refractivity contribution is 5.87. The van der Waals surface area contributed by atoms with Crippen molar-refractivity contribution in [3.8, 4) is 11.4 Å². The summed E-state index contributed by atoms with van der Waals surface area (Å²) in [5.41, 5.74) is 2.68. The number of carboxylic acid groups (broad SMARTS) is 1. The lowest BCUT2D eigenvalue weighted by Crippen LogP contribution is -2.10. The van der Waals surface area contributed by atoms with Crippen LogP contribution in [0.25, 0.3) is 22.3 Å². The van der Waals surface area contributed by atoms with Crippen molar-refractivity contribution in [2.45, 2.75) is 6.54 Å². The minimum Gasteiger partial charge on any atom is -0.480 e. The molecule has 0 fully saturated rings. The van der Waals surface area contributed by atoms with Gasteiger partial charge >= 0.3 is 5.97 Å². The van der Waals surface area contributed by atoms with Crippen LogP contribution in [0.2, 0.25) is 0 Å². The number of aromatic nitrogens is 3. The largest absolute Gasteiger partial charge is 0.480 e. The Balaban J connectivity index is 2.28. The Morgan fingerprint density at radius 1 is 1.26 bits per heavy atom. The molecule has 2 aromatic heterocycles. The van der Waals surface area contributed by atoms with Crippen molar-refractivity contribution < 1.29 is 9.90 Å². The summed E-state index contributed by atoms with van der Waals surface area (Å²) in [7, 11) is 1.85. The van der Waals surface area contributed by atoms with E-state index in [4.69, 9.17) is 5.11 Å². The summed E-state index contributed by atoms with van der Waals surface area (Å²) in [6.45, 7) is -0.0615. The number of aryl methyl sites for hydroxylation is 1. The van der Waals surface area contributed by atoms with Gasteiger partial charge in [-0.3, -0.25) is 9.48 Å². The molecular formula is C14H13N3O2. The van der Waals surface area contributed by atoms with E-state index in [1.165, 1.54) is 0 Å². The highest BCUT2D eigenvalue weighted by Gasteiger charge is 2.14. The molecule has 3 rings (SSSR count). The Morgan fingerprint density at radius 3 is 2.74 bits per heavy atom. The predicted molar refractivity (Wildman–Crippen MR) is 71.8 cm³/mol. The average Bonchev–Trinajstić information content (AvgIpc) is 2.93. The Morgan fingerprint density at radius 2 is 2.05 bits per heavy atom. The first-order valence-electron chi connectivity index (χ1n) is 5.95. The topological polar surface area (TPSA) is 60.0 Å². The second-order valence-corrected chi connectivity index (χ2v) is 4.41. The number of carbonyl (C=O) groups is 1. The molecule has 0 radical (unpaired) electrons. The second-order valence-electron chi connectivity index (χ2n) is 4.41. The normalized spacial score (nSPS) is 11.0. The van der Waals surface area contributed by atoms with E-state index in [1.807, 2.05) is 43.4 Å². The monoisotopic (exact) mass is 255 g/mol. The molecule has 0 aliphatic heterocycles. The molecule has 19 heavy (non-hydrogen) atoms. The minimum atomic E-state index is -0.857. The summed E-state index contributed by atoms with van der Waals surface area (Å²) in [6.07, 6.45) is 1.71. The molecule has 1 N–H and O–H groups in total. The van der Waals surface area contributed by atoms with Crippen LogP contribution in [-0.2, 0) is 18.4 Å². The Hall–Kier alpha value is -2.56. The van der Waals surface area contributed by atoms with Gasteiger partial charge in [0, 0.05) is 24.1 Å². The summed E-state index contributed by atoms with van der Waals surface area (Å²) in [5.74, 6) is -0.857. The summed E-state index contributed by atoms with van der Waals surface area (Å²) >= 11 is 0. The van der Waals surface area contributed by atoms with Gasteiger partial charge in [-0.05, 0) is 18.2 Å². The van der Waals surface area contributed by atoms with Crippen molar-refractivity contribution >= 4 is 16.9 Å². The van der Waals surface area contributed by atoms with Crippen LogP contribution in [0.5, 0.6) is 0 Å². The van der Waals surface area contributed by atoms with Gasteiger partial charge in [0.05, 0.1) is 11.4 Å². The van der Waals surface area contributed by atoms with Crippen LogP contribution in [0.15, 0.2) is 42.6 Å². The van der Waals surface area contributed by atoms with E-state index < -0.39 is 5.97 Å². The van der Waals surface area contributed by atoms with Crippen LogP contribution in [-0.4, -0.2) is 25.4 Å². The third kappa shape index (κ3) is 1.89. The molecule has 3 aromatic rings. The summed E-state index contributed by atoms with van der Waals surface area (Å²) < 4.78 is 3.54. The molecular weight excluding hydrogens is 242 g/mol. The molecule has 0 bridgehead atoms. The van der Waals surface area contributed by atoms with Gasteiger partial charge in [0.1, 0.15) is 6.54 Å². The second kappa shape index (κ2) is 4.28. The quantitative estimate of drug-likeness (QED) is 0.780. The number of para-hydroxylation sites is 1. The van der Waals surface area contributed by atoms with Crippen LogP contribution < -0.4 is 0 Å². The minimum absolute atomic E-state index is 0.0615. The number of carboxylic acids is 1. The van der Waals surface area contributed by atoms with Crippen molar-refractivity contribution in [1.29, 1.82) is 0 Å². The van der Waals surface area contributed by atoms with E-state index in [9.17, 15) is 4.79 Å². The zero-order chi connectivity index (χ0) is 13.4. The van der Waals surface area contributed by atoms with Crippen molar-refractivity contribution in [2.75, 3.05) is 0 Å². The van der Waals surface area contributed by atoms with Crippen molar-refractivity contribution in [1.82, 2.24) is 14.3 Å². The fraction of sp³-hybridized carbons (Fsp3) is 0.143. The lowest BCUT2D eigenvalue weighted by molar-refractivity contribution is -0.137. The predicted octanol–water partition coefficient (Wildman–Crippen LogP) is 2.13. The summed E-state index contributed by atoms with van der Waals surface area (Å²) in [4.78, 5) is 11.1. The maximum Gasteiger partial charge on any atom is 0.323 e. The highest BCUT2D eigenvalue weighted by Crippen LogP contribution is 2.27. The standard InChI is InChI=1S/C14H13N3O2/c1-16-12(6-7-15-16)13-8-10-4-2-3-5-11(10)17(13)9-14(18)19/h2-8H,9H2,1H3,(H,18,19). The molecule has 1 aromatic carbocycles. The van der Waals surface area contributed by atoms with Crippen LogP contribution in [0, 0.1) is 0 Å². The van der Waals surface area contributed by atoms with Gasteiger partial charge in [0.15, 0.2) is 0 Å². The molecule has 0 aliphatic carbocycles. The van der Waals surface area contributed by atoms with E-state index in [-0.39, 0.29) is 6.54 Å². The van der Waals surface area contributed by atoms with Gasteiger partial charge in [0.2, 0.25) is 0 Å². The number of rotatable bonds is 3. The first kappa shape index (κ1) is 11.5. The van der Waals surface area contributed by atoms with Gasteiger partial charge in [-0.1, -0.05) is 18.2 Å². The van der Waals surface area contributed by atoms with Crippen LogP contribution >= 0.6 is 0 Å². The third-order valence-corrected chi connectivity index (χ3v) is 3.19. The van der Waals surface area contributed by atoms with E-state index >= 15 is 0 Å². The van der Waals surface area contributed by atoms with Gasteiger partial charge < -0.3 is 9.67 Å². The number of hydrogen-bond acceptors (Lipinski definition) is 2. The van der Waals surface area contributed by atoms with E-state index in [2.05, 4.69) is 5.10 Å². The van der Waals surface area contributed by atoms with E-state index in [0.29, 0.717) is 0 Å². The van der Waals surface area contributed by atoms with Crippen molar-refractivity contribution in [3.05, 3.63) is 42.6 Å². The van der Waals surface area contributed by atoms with Gasteiger partial charge in [-0.25, -0.2) is 0 Å². The maximum absolute atomic E-state index is 11.1. The highest BCUT2D eigenvalue weighted by atomic mass is 16.4. The van der Waals surface area contributed by atoms with E-state index in [1.54, 1.807) is 15.4 Å². The zero-order valence-electron chi connectivity index (χ0n) is 10.4. The fourth-order valence-electron chi connectivity index (χ4n) is 2.35. The SMILES string of the molecule is Cn1nccc1-c1cc2ccccc2n1CC(=O)O. The lowest BCUT2D eigenvalue weighted by Gasteiger charge is -2.08. The zero-order valence-corrected chi connectivity index (χ0v) is 10.4. The smallest absolute Gasteiger partial charge is 0.323 e. The lowest BCUT2D eigenvalue weighted by atomic mass is 10.2. The van der Waals surface area contributed by atoms with Crippen LogP contribution in [0.3, 0.4) is 0 Å². The Labute approximate surface area is 109 Å². The Bertz CT molecular complexity index is 755. The van der Waals surface area contributed by atoms with Crippen molar-refractivity contribution in [3.63, 3.8) is 0 Å². The molecule has 5 nitrogen and oxygen atoms in total. The molecule has 96 valence electrons. The maximum atomic E-state index is 11.1. The molecule has 0 spiro atoms. The van der Waals surface area contributed by atoms with Gasteiger partial charge in [-0.2, -0.15) is 5.10 Å². The van der Waals surface area contributed by atoms with E-state index in [0.717, 1.165) is 22.3 Å². The fourth-order valence-corrected chi connectivity index (χ4v) is 2.35. The number of fused-ring (bicyclic) bond motifs is 1. The molecule has 0 saturated heterocycles. The van der Waals surface area contributed by atoms with Crippen LogP contribution in [0.1, 0.15) is 0 Å². The van der Waals surface area contributed by atoms with Gasteiger partial charge in [0.25, 0.3) is 0 Å². The molecule has 5 heteroatoms. The molecule has 0 atom stereocenters. The van der Waals surface area contributed by atoms with Crippen molar-refractivity contribution in [2.24, 2.45) is 7.05 Å². The number of nitrogens with zero attached hydrogens (tertiary/aromatic N) is 3. The molecule has 2 heterocycles. The molecule has 0 aliphatic rings. The molecule has 0 unspecified atom stereocenters. The average molecular weight is 255 g/mol. The molecule has 0 amide bonds.